The van der Waals surface area contributed by atoms with Crippen molar-refractivity contribution < 1.29 is 14.1 Å². The summed E-state index contributed by atoms with van der Waals surface area (Å²) in [5.41, 5.74) is 2.68. The molecule has 0 saturated carbocycles. The van der Waals surface area contributed by atoms with E-state index in [4.69, 9.17) is 4.74 Å². The minimum absolute atomic E-state index is 0.0500. The van der Waals surface area contributed by atoms with Gasteiger partial charge < -0.3 is 10.1 Å². The Bertz CT molecular complexity index is 1180. The minimum atomic E-state index is -0.421. The second-order valence-electron chi connectivity index (χ2n) is 6.84. The summed E-state index contributed by atoms with van der Waals surface area (Å²) in [5, 5.41) is 16.3. The fourth-order valence-electron chi connectivity index (χ4n) is 3.27. The van der Waals surface area contributed by atoms with Gasteiger partial charge in [-0.2, -0.15) is 0 Å². The predicted octanol–water partition coefficient (Wildman–Crippen LogP) is 6.08. The van der Waals surface area contributed by atoms with E-state index in [0.717, 1.165) is 33.3 Å². The second-order valence-corrected chi connectivity index (χ2v) is 6.84. The molecule has 30 heavy (non-hydrogen) atoms. The number of rotatable bonds is 7. The Hall–Kier alpha value is -3.93. The van der Waals surface area contributed by atoms with E-state index in [0.29, 0.717) is 13.2 Å². The summed E-state index contributed by atoms with van der Waals surface area (Å²) in [7, 11) is 0. The van der Waals surface area contributed by atoms with Crippen molar-refractivity contribution in [2.75, 3.05) is 5.32 Å². The van der Waals surface area contributed by atoms with Crippen LogP contribution < -0.4 is 10.1 Å². The highest BCUT2D eigenvalue weighted by Gasteiger charge is 2.10. The van der Waals surface area contributed by atoms with E-state index >= 15 is 0 Å². The average Bonchev–Trinajstić information content (AvgIpc) is 2.77. The van der Waals surface area contributed by atoms with E-state index in [1.54, 1.807) is 24.3 Å². The van der Waals surface area contributed by atoms with Gasteiger partial charge in [-0.1, -0.05) is 42.5 Å². The molecule has 0 spiro atoms. The van der Waals surface area contributed by atoms with E-state index in [2.05, 4.69) is 5.32 Å². The fraction of sp³-hybridized carbons (Fsp3) is 0.0833. The number of benzene rings is 4. The molecule has 4 rings (SSSR count). The molecular formula is C24H19FN2O3. The summed E-state index contributed by atoms with van der Waals surface area (Å²) in [4.78, 5) is 10.4. The zero-order chi connectivity index (χ0) is 20.9. The summed E-state index contributed by atoms with van der Waals surface area (Å²) in [6, 6.07) is 24.5. The third-order valence-corrected chi connectivity index (χ3v) is 4.85. The van der Waals surface area contributed by atoms with Crippen molar-refractivity contribution in [2.24, 2.45) is 0 Å². The molecule has 1 N–H and O–H groups in total. The van der Waals surface area contributed by atoms with E-state index in [1.165, 1.54) is 24.3 Å². The molecule has 4 aromatic carbocycles. The van der Waals surface area contributed by atoms with Crippen molar-refractivity contribution in [1.29, 1.82) is 0 Å². The molecule has 6 heteroatoms. The lowest BCUT2D eigenvalue weighted by atomic mass is 10.0. The van der Waals surface area contributed by atoms with Crippen molar-refractivity contribution in [3.63, 3.8) is 0 Å². The van der Waals surface area contributed by atoms with Gasteiger partial charge >= 0.3 is 0 Å². The van der Waals surface area contributed by atoms with Crippen LogP contribution in [-0.2, 0) is 13.2 Å². The van der Waals surface area contributed by atoms with E-state index in [1.807, 2.05) is 36.4 Å². The van der Waals surface area contributed by atoms with Crippen LogP contribution in [0.2, 0.25) is 0 Å². The summed E-state index contributed by atoms with van der Waals surface area (Å²) < 4.78 is 19.2. The molecule has 0 saturated heterocycles. The highest BCUT2D eigenvalue weighted by atomic mass is 19.1. The molecule has 0 unspecified atom stereocenters. The molecular weight excluding hydrogens is 383 g/mol. The van der Waals surface area contributed by atoms with Gasteiger partial charge in [0.1, 0.15) is 18.2 Å². The van der Waals surface area contributed by atoms with Crippen molar-refractivity contribution in [1.82, 2.24) is 0 Å². The Kier molecular flexibility index (Phi) is 5.57. The molecule has 0 amide bonds. The van der Waals surface area contributed by atoms with Crippen molar-refractivity contribution >= 4 is 22.1 Å². The number of non-ortho nitro benzene ring substituents is 1. The van der Waals surface area contributed by atoms with Gasteiger partial charge in [0.15, 0.2) is 0 Å². The lowest BCUT2D eigenvalue weighted by Gasteiger charge is -2.16. The van der Waals surface area contributed by atoms with Crippen molar-refractivity contribution in [3.8, 4) is 5.75 Å². The second kappa shape index (κ2) is 8.61. The van der Waals surface area contributed by atoms with Gasteiger partial charge in [0.25, 0.3) is 5.69 Å². The smallest absolute Gasteiger partial charge is 0.269 e. The van der Waals surface area contributed by atoms with Crippen LogP contribution in [0.1, 0.15) is 11.1 Å². The summed E-state index contributed by atoms with van der Waals surface area (Å²) >= 11 is 0. The van der Waals surface area contributed by atoms with Crippen LogP contribution in [0.5, 0.6) is 5.75 Å². The molecule has 0 radical (unpaired) electrons. The number of hydrogen-bond acceptors (Lipinski definition) is 4. The third-order valence-electron chi connectivity index (χ3n) is 4.85. The van der Waals surface area contributed by atoms with Crippen molar-refractivity contribution in [3.05, 3.63) is 112 Å². The number of fused-ring (bicyclic) bond motifs is 1. The first kappa shape index (κ1) is 19.4. The van der Waals surface area contributed by atoms with Gasteiger partial charge in [0.2, 0.25) is 0 Å². The van der Waals surface area contributed by atoms with Crippen molar-refractivity contribution in [2.45, 2.75) is 13.2 Å². The Morgan fingerprint density at radius 3 is 2.37 bits per heavy atom. The lowest BCUT2D eigenvalue weighted by Crippen LogP contribution is -2.05. The largest absolute Gasteiger partial charge is 0.489 e. The average molecular weight is 402 g/mol. The highest BCUT2D eigenvalue weighted by Crippen LogP contribution is 2.30. The first-order chi connectivity index (χ1) is 14.6. The Morgan fingerprint density at radius 1 is 0.900 bits per heavy atom. The maximum Gasteiger partial charge on any atom is 0.269 e. The van der Waals surface area contributed by atoms with Crippen LogP contribution >= 0.6 is 0 Å². The zero-order valence-corrected chi connectivity index (χ0v) is 16.0. The Morgan fingerprint density at radius 2 is 1.63 bits per heavy atom. The van der Waals surface area contributed by atoms with Crippen LogP contribution in [0.25, 0.3) is 10.8 Å². The van der Waals surface area contributed by atoms with Crippen LogP contribution in [0.15, 0.2) is 84.9 Å². The van der Waals surface area contributed by atoms with E-state index in [-0.39, 0.29) is 11.5 Å². The van der Waals surface area contributed by atoms with Crippen LogP contribution in [0, 0.1) is 15.9 Å². The topological polar surface area (TPSA) is 64.4 Å². The monoisotopic (exact) mass is 402 g/mol. The number of nitro groups is 1. The first-order valence-corrected chi connectivity index (χ1v) is 9.46. The normalized spacial score (nSPS) is 10.7. The van der Waals surface area contributed by atoms with Gasteiger partial charge in [-0.25, -0.2) is 4.39 Å². The van der Waals surface area contributed by atoms with Crippen LogP contribution in [0.4, 0.5) is 15.8 Å². The fourth-order valence-corrected chi connectivity index (χ4v) is 3.27. The van der Waals surface area contributed by atoms with Gasteiger partial charge in [-0.05, 0) is 46.7 Å². The Labute approximate surface area is 172 Å². The number of nitrogens with zero attached hydrogens (tertiary/aromatic N) is 1. The molecule has 5 nitrogen and oxygen atoms in total. The number of nitro benzene ring substituents is 1. The summed E-state index contributed by atoms with van der Waals surface area (Å²) in [5.74, 6) is 0.449. The Balaban J connectivity index is 1.58. The quantitative estimate of drug-likeness (QED) is 0.301. The summed E-state index contributed by atoms with van der Waals surface area (Å²) in [6.45, 7) is 0.807. The molecule has 0 aliphatic heterocycles. The molecule has 0 fully saturated rings. The molecule has 0 aromatic heterocycles. The zero-order valence-electron chi connectivity index (χ0n) is 16.0. The van der Waals surface area contributed by atoms with Gasteiger partial charge in [-0.3, -0.25) is 10.1 Å². The molecule has 150 valence electrons. The molecule has 4 aromatic rings. The van der Waals surface area contributed by atoms with Crippen LogP contribution in [-0.4, -0.2) is 4.92 Å². The number of halogens is 1. The molecule has 0 aliphatic rings. The first-order valence-electron chi connectivity index (χ1n) is 9.46. The maximum absolute atomic E-state index is 13.1. The molecule has 0 bridgehead atoms. The standard InChI is InChI=1S/C24H19FN2O3/c25-19-8-5-17(6-9-19)16-30-24-14-7-18-3-1-2-4-22(18)23(24)15-26-20-10-12-21(13-11-20)27(28)29/h1-14,26H,15-16H2. The highest BCUT2D eigenvalue weighted by molar-refractivity contribution is 5.88. The molecule has 0 aliphatic carbocycles. The maximum atomic E-state index is 13.1. The lowest BCUT2D eigenvalue weighted by molar-refractivity contribution is -0.384. The van der Waals surface area contributed by atoms with E-state index < -0.39 is 4.92 Å². The minimum Gasteiger partial charge on any atom is -0.489 e. The number of hydrogen-bond donors (Lipinski definition) is 1. The number of ether oxygens (including phenoxy) is 1. The number of nitrogens with one attached hydrogen (secondary N) is 1. The number of anilines is 1. The SMILES string of the molecule is O=[N+]([O-])c1ccc(NCc2c(OCc3ccc(F)cc3)ccc3ccccc23)cc1. The molecule has 0 heterocycles. The van der Waals surface area contributed by atoms with Gasteiger partial charge in [0, 0.05) is 29.9 Å². The molecule has 0 atom stereocenters. The van der Waals surface area contributed by atoms with Crippen LogP contribution in [0.3, 0.4) is 0 Å². The van der Waals surface area contributed by atoms with Gasteiger partial charge in [-0.15, -0.1) is 0 Å². The van der Waals surface area contributed by atoms with E-state index in [9.17, 15) is 14.5 Å². The summed E-state index contributed by atoms with van der Waals surface area (Å²) in [6.07, 6.45) is 0. The predicted molar refractivity (Wildman–Crippen MR) is 115 cm³/mol. The van der Waals surface area contributed by atoms with Gasteiger partial charge in [0.05, 0.1) is 4.92 Å². The third kappa shape index (κ3) is 4.38.